The van der Waals surface area contributed by atoms with E-state index in [1.165, 1.54) is 5.56 Å². The number of hydrazine groups is 1. The molecule has 1 amide bonds. The predicted molar refractivity (Wildman–Crippen MR) is 121 cm³/mol. The Labute approximate surface area is 186 Å². The number of hydrogen-bond acceptors (Lipinski definition) is 4. The number of likely N-dealkylation sites (N-methyl/N-ethyl adjacent to an activating group) is 1. The van der Waals surface area contributed by atoms with E-state index in [-0.39, 0.29) is 11.9 Å². The second-order valence-corrected chi connectivity index (χ2v) is 8.34. The lowest BCUT2D eigenvalue weighted by Gasteiger charge is -2.39. The third-order valence-corrected chi connectivity index (χ3v) is 6.22. The van der Waals surface area contributed by atoms with Gasteiger partial charge in [0.05, 0.1) is 15.6 Å². The molecule has 2 heterocycles. The Balaban J connectivity index is 1.64. The molecule has 2 aliphatic heterocycles. The van der Waals surface area contributed by atoms with E-state index < -0.39 is 0 Å². The van der Waals surface area contributed by atoms with Crippen LogP contribution < -0.4 is 10.7 Å². The van der Waals surface area contributed by atoms with Gasteiger partial charge in [0.15, 0.2) is 0 Å². The molecule has 0 saturated carbocycles. The van der Waals surface area contributed by atoms with Gasteiger partial charge in [-0.3, -0.25) is 9.80 Å². The first-order valence-corrected chi connectivity index (χ1v) is 10.7. The fourth-order valence-electron chi connectivity index (χ4n) is 3.88. The molecule has 4 rings (SSSR count). The quantitative estimate of drug-likeness (QED) is 0.725. The lowest BCUT2D eigenvalue weighted by Crippen LogP contribution is -2.48. The van der Waals surface area contributed by atoms with Crippen LogP contribution in [-0.2, 0) is 11.2 Å². The van der Waals surface area contributed by atoms with Crippen LogP contribution in [0.3, 0.4) is 0 Å². The molecular weight excluding hydrogens is 419 g/mol. The molecule has 0 fully saturated rings. The Bertz CT molecular complexity index is 1020. The first-order valence-electron chi connectivity index (χ1n) is 9.90. The summed E-state index contributed by atoms with van der Waals surface area (Å²) in [5.41, 5.74) is 6.99. The summed E-state index contributed by atoms with van der Waals surface area (Å²) in [4.78, 5) is 15.3. The fraction of sp³-hybridized carbons (Fsp3) is 0.261. The first kappa shape index (κ1) is 20.8. The molecular formula is C23H24Cl2N4O. The van der Waals surface area contributed by atoms with Gasteiger partial charge in [0, 0.05) is 25.8 Å². The van der Waals surface area contributed by atoms with Crippen LogP contribution in [0.15, 0.2) is 71.7 Å². The lowest BCUT2D eigenvalue weighted by molar-refractivity contribution is -0.127. The topological polar surface area (TPSA) is 47.6 Å². The van der Waals surface area contributed by atoms with Gasteiger partial charge in [-0.25, -0.2) is 5.43 Å². The maximum atomic E-state index is 13.5. The highest BCUT2D eigenvalue weighted by molar-refractivity contribution is 6.42. The Kier molecular flexibility index (Phi) is 6.04. The number of carbonyl (C=O) groups is 1. The number of nitrogens with one attached hydrogen (secondary N) is 2. The number of halogens is 2. The molecule has 2 aromatic carbocycles. The van der Waals surface area contributed by atoms with E-state index in [9.17, 15) is 4.79 Å². The van der Waals surface area contributed by atoms with E-state index in [2.05, 4.69) is 29.0 Å². The zero-order chi connectivity index (χ0) is 21.3. The summed E-state index contributed by atoms with van der Waals surface area (Å²) < 4.78 is 0. The van der Waals surface area contributed by atoms with Crippen molar-refractivity contribution in [3.8, 4) is 0 Å². The van der Waals surface area contributed by atoms with E-state index in [4.69, 9.17) is 23.2 Å². The molecule has 156 valence electrons. The van der Waals surface area contributed by atoms with Crippen LogP contribution >= 0.6 is 23.2 Å². The number of hydrogen-bond donors (Lipinski definition) is 2. The number of nitrogens with zero attached hydrogens (tertiary/aromatic N) is 2. The number of amides is 1. The van der Waals surface area contributed by atoms with Gasteiger partial charge in [0.2, 0.25) is 0 Å². The Morgan fingerprint density at radius 3 is 2.67 bits per heavy atom. The smallest absolute Gasteiger partial charge is 0.253 e. The van der Waals surface area contributed by atoms with Crippen molar-refractivity contribution in [3.05, 3.63) is 92.9 Å². The van der Waals surface area contributed by atoms with Crippen molar-refractivity contribution < 1.29 is 4.79 Å². The zero-order valence-electron chi connectivity index (χ0n) is 17.0. The van der Waals surface area contributed by atoms with Crippen molar-refractivity contribution in [2.24, 2.45) is 0 Å². The second-order valence-electron chi connectivity index (χ2n) is 7.52. The standard InChI is InChI=1S/C23H24Cl2N4O/c1-15-21(23(30)28(2)13-11-16-6-4-3-5-7-16)22(29-20(27-15)10-12-26-29)17-8-9-18(24)19(25)14-17/h3-10,14,22,26-27H,11-13H2,1-2H3. The van der Waals surface area contributed by atoms with E-state index >= 15 is 0 Å². The third kappa shape index (κ3) is 4.06. The van der Waals surface area contributed by atoms with Crippen molar-refractivity contribution in [3.63, 3.8) is 0 Å². The van der Waals surface area contributed by atoms with Crippen LogP contribution in [-0.4, -0.2) is 36.0 Å². The zero-order valence-corrected chi connectivity index (χ0v) is 18.5. The van der Waals surface area contributed by atoms with Gasteiger partial charge >= 0.3 is 0 Å². The molecule has 0 radical (unpaired) electrons. The predicted octanol–water partition coefficient (Wildman–Crippen LogP) is 4.27. The SMILES string of the molecule is CC1=C(C(=O)N(C)CCc2ccccc2)C(c2ccc(Cl)c(Cl)c2)N2NCC=C2N1. The third-order valence-electron chi connectivity index (χ3n) is 5.48. The number of rotatable bonds is 5. The van der Waals surface area contributed by atoms with E-state index in [1.54, 1.807) is 11.0 Å². The first-order chi connectivity index (χ1) is 14.5. The maximum absolute atomic E-state index is 13.5. The van der Waals surface area contributed by atoms with Crippen molar-refractivity contribution in [2.75, 3.05) is 20.1 Å². The van der Waals surface area contributed by atoms with Crippen LogP contribution in [0.25, 0.3) is 0 Å². The molecule has 7 heteroatoms. The minimum atomic E-state index is -0.304. The Morgan fingerprint density at radius 1 is 1.17 bits per heavy atom. The number of fused-ring (bicyclic) bond motifs is 1. The minimum Gasteiger partial charge on any atom is -0.344 e. The van der Waals surface area contributed by atoms with Gasteiger partial charge in [-0.15, -0.1) is 0 Å². The summed E-state index contributed by atoms with van der Waals surface area (Å²) in [7, 11) is 1.85. The molecule has 0 bridgehead atoms. The van der Waals surface area contributed by atoms with E-state index in [0.29, 0.717) is 28.7 Å². The minimum absolute atomic E-state index is 0.0141. The molecule has 5 nitrogen and oxygen atoms in total. The number of allylic oxidation sites excluding steroid dienone is 1. The molecule has 0 aromatic heterocycles. The summed E-state index contributed by atoms with van der Waals surface area (Å²) in [5.74, 6) is 0.923. The summed E-state index contributed by atoms with van der Waals surface area (Å²) in [6.45, 7) is 3.27. The van der Waals surface area contributed by atoms with Gasteiger partial charge < -0.3 is 10.2 Å². The summed E-state index contributed by atoms with van der Waals surface area (Å²) in [5, 5.41) is 6.32. The van der Waals surface area contributed by atoms with E-state index in [1.807, 2.05) is 49.3 Å². The maximum Gasteiger partial charge on any atom is 0.253 e. The van der Waals surface area contributed by atoms with Crippen molar-refractivity contribution in [1.29, 1.82) is 0 Å². The summed E-state index contributed by atoms with van der Waals surface area (Å²) in [6.07, 6.45) is 2.86. The molecule has 0 aliphatic carbocycles. The average Bonchev–Trinajstić information content (AvgIpc) is 3.21. The van der Waals surface area contributed by atoms with Crippen LogP contribution in [0.4, 0.5) is 0 Å². The Hall–Kier alpha value is -2.47. The Morgan fingerprint density at radius 2 is 1.93 bits per heavy atom. The van der Waals surface area contributed by atoms with E-state index in [0.717, 1.165) is 23.5 Å². The summed E-state index contributed by atoms with van der Waals surface area (Å²) in [6, 6.07) is 15.4. The van der Waals surface area contributed by atoms with Crippen LogP contribution in [0.1, 0.15) is 24.1 Å². The van der Waals surface area contributed by atoms with Gasteiger partial charge in [0.1, 0.15) is 11.9 Å². The molecule has 0 saturated heterocycles. The molecule has 1 atom stereocenters. The van der Waals surface area contributed by atoms with Crippen LogP contribution in [0, 0.1) is 0 Å². The van der Waals surface area contributed by atoms with Gasteiger partial charge in [-0.05, 0) is 42.7 Å². The highest BCUT2D eigenvalue weighted by Crippen LogP contribution is 2.38. The molecule has 2 N–H and O–H groups in total. The van der Waals surface area contributed by atoms with Gasteiger partial charge in [-0.1, -0.05) is 59.6 Å². The molecule has 1 unspecified atom stereocenters. The average molecular weight is 443 g/mol. The highest BCUT2D eigenvalue weighted by Gasteiger charge is 2.38. The largest absolute Gasteiger partial charge is 0.344 e. The summed E-state index contributed by atoms with van der Waals surface area (Å²) >= 11 is 12.4. The number of carbonyl (C=O) groups excluding carboxylic acids is 1. The van der Waals surface area contributed by atoms with Crippen molar-refractivity contribution in [1.82, 2.24) is 20.7 Å². The van der Waals surface area contributed by atoms with Gasteiger partial charge in [0.25, 0.3) is 5.91 Å². The number of benzene rings is 2. The monoisotopic (exact) mass is 442 g/mol. The van der Waals surface area contributed by atoms with Crippen molar-refractivity contribution >= 4 is 29.1 Å². The highest BCUT2D eigenvalue weighted by atomic mass is 35.5. The van der Waals surface area contributed by atoms with Crippen LogP contribution in [0.5, 0.6) is 0 Å². The molecule has 2 aliphatic rings. The normalized spacial score (nSPS) is 18.1. The fourth-order valence-corrected chi connectivity index (χ4v) is 4.19. The van der Waals surface area contributed by atoms with Gasteiger partial charge in [-0.2, -0.15) is 0 Å². The second kappa shape index (κ2) is 8.72. The van der Waals surface area contributed by atoms with Crippen LogP contribution in [0.2, 0.25) is 10.0 Å². The molecule has 0 spiro atoms. The lowest BCUT2D eigenvalue weighted by atomic mass is 9.93. The molecule has 30 heavy (non-hydrogen) atoms. The van der Waals surface area contributed by atoms with Crippen molar-refractivity contribution in [2.45, 2.75) is 19.4 Å². The molecule has 2 aromatic rings.